The molecular weight excluding hydrogens is 330 g/mol. The molecule has 0 atom stereocenters. The summed E-state index contributed by atoms with van der Waals surface area (Å²) in [5.41, 5.74) is 9.09. The minimum absolute atomic E-state index is 0.0216. The van der Waals surface area contributed by atoms with E-state index in [1.807, 2.05) is 23.2 Å². The van der Waals surface area contributed by atoms with Gasteiger partial charge >= 0.3 is 0 Å². The first-order chi connectivity index (χ1) is 12.7. The molecule has 8 nitrogen and oxygen atoms in total. The summed E-state index contributed by atoms with van der Waals surface area (Å²) >= 11 is 0. The van der Waals surface area contributed by atoms with Crippen LogP contribution in [0, 0.1) is 0 Å². The second kappa shape index (κ2) is 7.19. The zero-order chi connectivity index (χ0) is 17.9. The zero-order valence-electron chi connectivity index (χ0n) is 14.5. The first-order valence-electron chi connectivity index (χ1n) is 8.67. The van der Waals surface area contributed by atoms with Gasteiger partial charge in [0.2, 0.25) is 0 Å². The number of carbonyl (C=O) groups is 1. The van der Waals surface area contributed by atoms with Crippen molar-refractivity contribution in [3.8, 4) is 0 Å². The number of amides is 1. The monoisotopic (exact) mass is 351 g/mol. The molecule has 1 fully saturated rings. The molecule has 0 saturated carbocycles. The molecule has 0 spiro atoms. The van der Waals surface area contributed by atoms with Crippen molar-refractivity contribution < 1.29 is 4.79 Å². The predicted molar refractivity (Wildman–Crippen MR) is 96.3 cm³/mol. The van der Waals surface area contributed by atoms with Crippen LogP contribution in [-0.4, -0.2) is 61.5 Å². The highest BCUT2D eigenvalue weighted by atomic mass is 16.2. The van der Waals surface area contributed by atoms with Crippen molar-refractivity contribution >= 4 is 11.4 Å². The Balaban J connectivity index is 1.44. The van der Waals surface area contributed by atoms with Gasteiger partial charge in [0.25, 0.3) is 5.91 Å². The number of nitrogens with two attached hydrogens (primary N) is 1. The highest BCUT2D eigenvalue weighted by Gasteiger charge is 2.24. The van der Waals surface area contributed by atoms with Gasteiger partial charge in [-0.2, -0.15) is 5.10 Å². The second-order valence-electron chi connectivity index (χ2n) is 6.39. The van der Waals surface area contributed by atoms with Gasteiger partial charge in [0.05, 0.1) is 23.0 Å². The standard InChI is InChI=1S/C18H21N7O/c19-10-14-1-4-25-17(9-14)16(12-22-25)18(26)24-7-5-23(6-8-24)13-15-11-20-2-3-21-15/h1-4,9,11-12H,5-8,10,13,19H2. The Hall–Kier alpha value is -2.84. The molecule has 1 amide bonds. The molecule has 2 N–H and O–H groups in total. The second-order valence-corrected chi connectivity index (χ2v) is 6.39. The van der Waals surface area contributed by atoms with Crippen molar-refractivity contribution in [1.82, 2.24) is 29.4 Å². The first kappa shape index (κ1) is 16.6. The number of rotatable bonds is 4. The smallest absolute Gasteiger partial charge is 0.257 e. The maximum absolute atomic E-state index is 12.9. The number of aromatic nitrogens is 4. The average Bonchev–Trinajstić information content (AvgIpc) is 3.12. The van der Waals surface area contributed by atoms with Gasteiger partial charge in [-0.05, 0) is 17.7 Å². The molecule has 26 heavy (non-hydrogen) atoms. The number of carbonyl (C=O) groups excluding carboxylic acids is 1. The molecule has 8 heteroatoms. The van der Waals surface area contributed by atoms with Crippen LogP contribution < -0.4 is 5.73 Å². The number of hydrogen-bond donors (Lipinski definition) is 1. The van der Waals surface area contributed by atoms with Gasteiger partial charge in [-0.15, -0.1) is 0 Å². The highest BCUT2D eigenvalue weighted by Crippen LogP contribution is 2.16. The van der Waals surface area contributed by atoms with Crippen molar-refractivity contribution in [2.24, 2.45) is 5.73 Å². The molecule has 1 aliphatic heterocycles. The van der Waals surface area contributed by atoms with E-state index in [0.717, 1.165) is 36.4 Å². The average molecular weight is 351 g/mol. The number of pyridine rings is 1. The van der Waals surface area contributed by atoms with E-state index < -0.39 is 0 Å². The van der Waals surface area contributed by atoms with Gasteiger partial charge < -0.3 is 10.6 Å². The Morgan fingerprint density at radius 1 is 1.15 bits per heavy atom. The van der Waals surface area contributed by atoms with Crippen LogP contribution in [0.3, 0.4) is 0 Å². The lowest BCUT2D eigenvalue weighted by atomic mass is 10.1. The Morgan fingerprint density at radius 3 is 2.73 bits per heavy atom. The van der Waals surface area contributed by atoms with Gasteiger partial charge in [0, 0.05) is 64.1 Å². The van der Waals surface area contributed by atoms with E-state index in [-0.39, 0.29) is 5.91 Å². The van der Waals surface area contributed by atoms with Crippen LogP contribution in [0.4, 0.5) is 0 Å². The number of fused-ring (bicyclic) bond motifs is 1. The van der Waals surface area contributed by atoms with Crippen molar-refractivity contribution in [1.29, 1.82) is 0 Å². The Bertz CT molecular complexity index is 900. The molecule has 1 saturated heterocycles. The summed E-state index contributed by atoms with van der Waals surface area (Å²) in [6, 6.07) is 3.85. The fourth-order valence-electron chi connectivity index (χ4n) is 3.24. The molecule has 4 heterocycles. The van der Waals surface area contributed by atoms with E-state index >= 15 is 0 Å². The summed E-state index contributed by atoms with van der Waals surface area (Å²) in [7, 11) is 0. The third-order valence-corrected chi connectivity index (χ3v) is 4.71. The maximum atomic E-state index is 12.9. The van der Waals surface area contributed by atoms with Gasteiger partial charge in [-0.25, -0.2) is 4.52 Å². The minimum Gasteiger partial charge on any atom is -0.336 e. The predicted octanol–water partition coefficient (Wildman–Crippen LogP) is 0.541. The van der Waals surface area contributed by atoms with Crippen LogP contribution in [0.5, 0.6) is 0 Å². The highest BCUT2D eigenvalue weighted by molar-refractivity contribution is 6.00. The van der Waals surface area contributed by atoms with Gasteiger partial charge in [0.1, 0.15) is 0 Å². The number of nitrogens with zero attached hydrogens (tertiary/aromatic N) is 6. The van der Waals surface area contributed by atoms with Crippen molar-refractivity contribution in [3.63, 3.8) is 0 Å². The third kappa shape index (κ3) is 3.29. The molecule has 0 bridgehead atoms. The lowest BCUT2D eigenvalue weighted by molar-refractivity contribution is 0.0629. The van der Waals surface area contributed by atoms with E-state index in [9.17, 15) is 4.79 Å². The summed E-state index contributed by atoms with van der Waals surface area (Å²) in [6.45, 7) is 4.20. The first-order valence-corrected chi connectivity index (χ1v) is 8.67. The van der Waals surface area contributed by atoms with Crippen molar-refractivity contribution in [3.05, 3.63) is 59.9 Å². The molecule has 0 radical (unpaired) electrons. The molecule has 0 unspecified atom stereocenters. The topological polar surface area (TPSA) is 92.7 Å². The molecule has 0 aliphatic carbocycles. The van der Waals surface area contributed by atoms with E-state index in [4.69, 9.17) is 5.73 Å². The third-order valence-electron chi connectivity index (χ3n) is 4.71. The molecular formula is C18H21N7O. The van der Waals surface area contributed by atoms with E-state index in [2.05, 4.69) is 20.0 Å². The molecule has 134 valence electrons. The zero-order valence-corrected chi connectivity index (χ0v) is 14.5. The van der Waals surface area contributed by atoms with Gasteiger partial charge in [-0.1, -0.05) is 0 Å². The van der Waals surface area contributed by atoms with E-state index in [0.29, 0.717) is 25.2 Å². The molecule has 3 aromatic rings. The Kier molecular flexibility index (Phi) is 4.59. The Labute approximate surface area is 151 Å². The number of piperazine rings is 1. The van der Waals surface area contributed by atoms with Crippen molar-refractivity contribution in [2.75, 3.05) is 26.2 Å². The maximum Gasteiger partial charge on any atom is 0.257 e. The lowest BCUT2D eigenvalue weighted by Crippen LogP contribution is -2.48. The van der Waals surface area contributed by atoms with Crippen LogP contribution in [0.25, 0.3) is 5.52 Å². The summed E-state index contributed by atoms with van der Waals surface area (Å²) in [4.78, 5) is 25.5. The summed E-state index contributed by atoms with van der Waals surface area (Å²) in [5.74, 6) is 0.0216. The van der Waals surface area contributed by atoms with Crippen LogP contribution in [-0.2, 0) is 13.1 Å². The summed E-state index contributed by atoms with van der Waals surface area (Å²) in [6.07, 6.45) is 8.64. The molecule has 3 aromatic heterocycles. The van der Waals surface area contributed by atoms with Crippen molar-refractivity contribution in [2.45, 2.75) is 13.1 Å². The summed E-state index contributed by atoms with van der Waals surface area (Å²) in [5, 5.41) is 4.28. The minimum atomic E-state index is 0.0216. The van der Waals surface area contributed by atoms with Crippen LogP contribution in [0.2, 0.25) is 0 Å². The fraction of sp³-hybridized carbons (Fsp3) is 0.333. The summed E-state index contributed by atoms with van der Waals surface area (Å²) < 4.78 is 1.72. The molecule has 4 rings (SSSR count). The molecule has 1 aliphatic rings. The normalized spacial score (nSPS) is 15.5. The quantitative estimate of drug-likeness (QED) is 0.738. The molecule has 0 aromatic carbocycles. The van der Waals surface area contributed by atoms with Crippen LogP contribution >= 0.6 is 0 Å². The van der Waals surface area contributed by atoms with Gasteiger partial charge in [-0.3, -0.25) is 19.7 Å². The van der Waals surface area contributed by atoms with E-state index in [1.165, 1.54) is 0 Å². The van der Waals surface area contributed by atoms with Crippen LogP contribution in [0.1, 0.15) is 21.6 Å². The lowest BCUT2D eigenvalue weighted by Gasteiger charge is -2.34. The fourth-order valence-corrected chi connectivity index (χ4v) is 3.24. The Morgan fingerprint density at radius 2 is 2.00 bits per heavy atom. The largest absolute Gasteiger partial charge is 0.336 e. The SMILES string of the molecule is NCc1ccn2ncc(C(=O)N3CCN(Cc4cnccn4)CC3)c2c1. The van der Waals surface area contributed by atoms with Crippen LogP contribution in [0.15, 0.2) is 43.1 Å². The van der Waals surface area contributed by atoms with E-state index in [1.54, 1.807) is 29.3 Å². The van der Waals surface area contributed by atoms with Gasteiger partial charge in [0.15, 0.2) is 0 Å². The number of hydrogen-bond acceptors (Lipinski definition) is 6.